The fourth-order valence-electron chi connectivity index (χ4n) is 2.64. The average Bonchev–Trinajstić information content (AvgIpc) is 2.56. The Balaban J connectivity index is 2.21. The summed E-state index contributed by atoms with van der Waals surface area (Å²) in [6.45, 7) is 3.02. The van der Waals surface area contributed by atoms with E-state index in [1.807, 2.05) is 0 Å². The van der Waals surface area contributed by atoms with E-state index in [1.54, 1.807) is 18.2 Å². The molecule has 25 heavy (non-hydrogen) atoms. The molecule has 0 saturated carbocycles. The van der Waals surface area contributed by atoms with Gasteiger partial charge in [-0.2, -0.15) is 0 Å². The molecule has 3 amide bonds. The summed E-state index contributed by atoms with van der Waals surface area (Å²) in [6.07, 6.45) is 0.880. The number of carbonyl (C=O) groups excluding carboxylic acids is 3. The van der Waals surface area contributed by atoms with Gasteiger partial charge in [0.25, 0.3) is 5.91 Å². The fraction of sp³-hybridized carbons (Fsp3) is 0.412. The standard InChI is InChI=1S/C17H21N3O5/c1-10(17(24)25)20(8-7-18-11(2)21)16(23)13-3-5-14-12(9-13)4-6-15(22)19-14/h3,5,9-10H,4,6-8H2,1-2H3,(H,18,21)(H,19,22)(H,24,25). The molecule has 0 fully saturated rings. The molecule has 1 heterocycles. The second-order valence-electron chi connectivity index (χ2n) is 5.92. The normalized spacial score (nSPS) is 14.1. The van der Waals surface area contributed by atoms with Crippen molar-refractivity contribution in [3.63, 3.8) is 0 Å². The van der Waals surface area contributed by atoms with Crippen molar-refractivity contribution in [2.45, 2.75) is 32.7 Å². The van der Waals surface area contributed by atoms with Gasteiger partial charge in [0.2, 0.25) is 11.8 Å². The van der Waals surface area contributed by atoms with Crippen LogP contribution < -0.4 is 10.6 Å². The number of amides is 3. The largest absolute Gasteiger partial charge is 0.480 e. The van der Waals surface area contributed by atoms with Crippen LogP contribution in [0.1, 0.15) is 36.2 Å². The van der Waals surface area contributed by atoms with E-state index in [9.17, 15) is 24.3 Å². The number of carboxylic acids is 1. The van der Waals surface area contributed by atoms with Gasteiger partial charge in [0.1, 0.15) is 6.04 Å². The van der Waals surface area contributed by atoms with Crippen LogP contribution in [0.2, 0.25) is 0 Å². The van der Waals surface area contributed by atoms with E-state index in [2.05, 4.69) is 10.6 Å². The lowest BCUT2D eigenvalue weighted by atomic mass is 9.99. The highest BCUT2D eigenvalue weighted by Gasteiger charge is 2.27. The number of hydrogen-bond donors (Lipinski definition) is 3. The predicted molar refractivity (Wildman–Crippen MR) is 90.2 cm³/mol. The minimum atomic E-state index is -1.12. The molecule has 0 radical (unpaired) electrons. The van der Waals surface area contributed by atoms with Gasteiger partial charge in [-0.25, -0.2) is 4.79 Å². The number of carbonyl (C=O) groups is 4. The predicted octanol–water partition coefficient (Wildman–Crippen LogP) is 0.623. The number of carboxylic acid groups (broad SMARTS) is 1. The molecule has 3 N–H and O–H groups in total. The maximum absolute atomic E-state index is 12.8. The van der Waals surface area contributed by atoms with Gasteiger partial charge in [-0.15, -0.1) is 0 Å². The van der Waals surface area contributed by atoms with Gasteiger partial charge in [0.15, 0.2) is 0 Å². The number of nitrogens with one attached hydrogen (secondary N) is 2. The Morgan fingerprint density at radius 1 is 1.32 bits per heavy atom. The molecule has 0 bridgehead atoms. The fourth-order valence-corrected chi connectivity index (χ4v) is 2.64. The molecular weight excluding hydrogens is 326 g/mol. The summed E-state index contributed by atoms with van der Waals surface area (Å²) in [7, 11) is 0. The van der Waals surface area contributed by atoms with Crippen LogP contribution in [-0.4, -0.2) is 52.8 Å². The number of nitrogens with zero attached hydrogens (tertiary/aromatic N) is 1. The number of aliphatic carboxylic acids is 1. The molecule has 8 heteroatoms. The first-order valence-electron chi connectivity index (χ1n) is 8.00. The van der Waals surface area contributed by atoms with Gasteiger partial charge in [-0.1, -0.05) is 0 Å². The highest BCUT2D eigenvalue weighted by molar-refractivity contribution is 5.99. The van der Waals surface area contributed by atoms with Gasteiger partial charge in [-0.3, -0.25) is 14.4 Å². The van der Waals surface area contributed by atoms with Crippen molar-refractivity contribution in [2.75, 3.05) is 18.4 Å². The Hall–Kier alpha value is -2.90. The van der Waals surface area contributed by atoms with E-state index in [-0.39, 0.29) is 24.9 Å². The zero-order chi connectivity index (χ0) is 18.6. The van der Waals surface area contributed by atoms with Crippen LogP contribution in [0.3, 0.4) is 0 Å². The highest BCUT2D eigenvalue weighted by atomic mass is 16.4. The maximum atomic E-state index is 12.8. The number of hydrogen-bond acceptors (Lipinski definition) is 4. The first kappa shape index (κ1) is 18.4. The smallest absolute Gasteiger partial charge is 0.326 e. The van der Waals surface area contributed by atoms with E-state index in [0.29, 0.717) is 24.1 Å². The maximum Gasteiger partial charge on any atom is 0.326 e. The summed E-state index contributed by atoms with van der Waals surface area (Å²) in [4.78, 5) is 47.7. The molecule has 1 atom stereocenters. The number of anilines is 1. The molecule has 0 aliphatic carbocycles. The van der Waals surface area contributed by atoms with Crippen molar-refractivity contribution < 1.29 is 24.3 Å². The quantitative estimate of drug-likeness (QED) is 0.698. The first-order chi connectivity index (χ1) is 11.8. The summed E-state index contributed by atoms with van der Waals surface area (Å²) in [5.41, 5.74) is 1.87. The first-order valence-corrected chi connectivity index (χ1v) is 8.00. The lowest BCUT2D eigenvalue weighted by Crippen LogP contribution is -2.46. The Labute approximate surface area is 145 Å². The Bertz CT molecular complexity index is 716. The second kappa shape index (κ2) is 7.78. The molecule has 1 aliphatic heterocycles. The SMILES string of the molecule is CC(=O)NCCN(C(=O)c1ccc2c(c1)CCC(=O)N2)C(C)C(=O)O. The third-order valence-corrected chi connectivity index (χ3v) is 4.06. The Morgan fingerprint density at radius 3 is 2.68 bits per heavy atom. The summed E-state index contributed by atoms with van der Waals surface area (Å²) in [5, 5.41) is 14.5. The molecule has 1 aromatic rings. The van der Waals surface area contributed by atoms with Gasteiger partial charge < -0.3 is 20.6 Å². The van der Waals surface area contributed by atoms with Gasteiger partial charge in [0, 0.05) is 37.7 Å². The Morgan fingerprint density at radius 2 is 2.04 bits per heavy atom. The van der Waals surface area contributed by atoms with Gasteiger partial charge in [0.05, 0.1) is 0 Å². The molecule has 1 unspecified atom stereocenters. The zero-order valence-corrected chi connectivity index (χ0v) is 14.2. The number of aryl methyl sites for hydroxylation is 1. The van der Waals surface area contributed by atoms with Crippen molar-refractivity contribution in [2.24, 2.45) is 0 Å². The lowest BCUT2D eigenvalue weighted by molar-refractivity contribution is -0.141. The van der Waals surface area contributed by atoms with Gasteiger partial charge in [-0.05, 0) is 37.1 Å². The lowest BCUT2D eigenvalue weighted by Gasteiger charge is -2.27. The summed E-state index contributed by atoms with van der Waals surface area (Å²) >= 11 is 0. The van der Waals surface area contributed by atoms with Crippen LogP contribution >= 0.6 is 0 Å². The number of rotatable bonds is 6. The van der Waals surface area contributed by atoms with Crippen molar-refractivity contribution in [3.8, 4) is 0 Å². The molecular formula is C17H21N3O5. The summed E-state index contributed by atoms with van der Waals surface area (Å²) in [5.74, 6) is -1.87. The third kappa shape index (κ3) is 4.56. The van der Waals surface area contributed by atoms with E-state index in [4.69, 9.17) is 0 Å². The van der Waals surface area contributed by atoms with E-state index >= 15 is 0 Å². The topological polar surface area (TPSA) is 116 Å². The molecule has 1 aliphatic rings. The monoisotopic (exact) mass is 347 g/mol. The Kier molecular flexibility index (Phi) is 5.74. The van der Waals surface area contributed by atoms with Crippen LogP contribution in [-0.2, 0) is 20.8 Å². The van der Waals surface area contributed by atoms with Crippen LogP contribution in [0.4, 0.5) is 5.69 Å². The zero-order valence-electron chi connectivity index (χ0n) is 14.2. The molecule has 2 rings (SSSR count). The number of benzene rings is 1. The summed E-state index contributed by atoms with van der Waals surface area (Å²) in [6, 6.07) is 3.86. The average molecular weight is 347 g/mol. The summed E-state index contributed by atoms with van der Waals surface area (Å²) < 4.78 is 0. The van der Waals surface area contributed by atoms with Crippen LogP contribution in [0.15, 0.2) is 18.2 Å². The molecule has 134 valence electrons. The van der Waals surface area contributed by atoms with Crippen molar-refractivity contribution in [1.82, 2.24) is 10.2 Å². The molecule has 1 aromatic carbocycles. The molecule has 0 saturated heterocycles. The highest BCUT2D eigenvalue weighted by Crippen LogP contribution is 2.24. The molecule has 0 spiro atoms. The van der Waals surface area contributed by atoms with Gasteiger partial charge >= 0.3 is 5.97 Å². The third-order valence-electron chi connectivity index (χ3n) is 4.06. The van der Waals surface area contributed by atoms with Crippen molar-refractivity contribution in [1.29, 1.82) is 0 Å². The minimum Gasteiger partial charge on any atom is -0.480 e. The van der Waals surface area contributed by atoms with E-state index < -0.39 is 17.9 Å². The van der Waals surface area contributed by atoms with Crippen molar-refractivity contribution >= 4 is 29.4 Å². The molecule has 8 nitrogen and oxygen atoms in total. The minimum absolute atomic E-state index is 0.0667. The van der Waals surface area contributed by atoms with Crippen LogP contribution in [0, 0.1) is 0 Å². The van der Waals surface area contributed by atoms with E-state index in [0.717, 1.165) is 5.56 Å². The molecule has 0 aromatic heterocycles. The van der Waals surface area contributed by atoms with Crippen LogP contribution in [0.25, 0.3) is 0 Å². The van der Waals surface area contributed by atoms with Crippen LogP contribution in [0.5, 0.6) is 0 Å². The van der Waals surface area contributed by atoms with Crippen molar-refractivity contribution in [3.05, 3.63) is 29.3 Å². The van der Waals surface area contributed by atoms with E-state index in [1.165, 1.54) is 18.7 Å². The second-order valence-corrected chi connectivity index (χ2v) is 5.92. The number of fused-ring (bicyclic) bond motifs is 1.